The smallest absolute Gasteiger partial charge is 0 e. The second kappa shape index (κ2) is 17.6. The molecule has 0 atom stereocenters. The van der Waals surface area contributed by atoms with Crippen molar-refractivity contribution in [1.29, 1.82) is 0 Å². The molecule has 0 aliphatic rings. The molecular weight excluding hydrogens is 370 g/mol. The molecule has 1 radical (unpaired) electrons. The Bertz CT molecular complexity index is 3.25. The van der Waals surface area contributed by atoms with E-state index in [-0.39, 0.29) is 79.8 Å². The summed E-state index contributed by atoms with van der Waals surface area (Å²) in [5.41, 5.74) is 0. The first-order valence-corrected chi connectivity index (χ1v) is 0. The van der Waals surface area contributed by atoms with E-state index in [1.807, 2.05) is 0 Å². The largest absolute Gasteiger partial charge is 0 e. The van der Waals surface area contributed by atoms with Crippen molar-refractivity contribution in [3.63, 3.8) is 0 Å². The second-order valence-corrected chi connectivity index (χ2v) is 0. The normalized spacial score (nSPS) is 0. The van der Waals surface area contributed by atoms with Crippen molar-refractivity contribution in [2.45, 2.75) is 0 Å². The van der Waals surface area contributed by atoms with Gasteiger partial charge >= 0.3 is 0 Å². The SMILES string of the molecule is [Pd].[Pd].[Pd].[V]. The van der Waals surface area contributed by atoms with Crippen LogP contribution in [-0.4, -0.2) is 0 Å². The Labute approximate surface area is 78.7 Å². The van der Waals surface area contributed by atoms with E-state index in [9.17, 15) is 0 Å². The Kier molecular flexibility index (Phi) is 136. The van der Waals surface area contributed by atoms with Crippen LogP contribution in [0.1, 0.15) is 0 Å². The van der Waals surface area contributed by atoms with Crippen molar-refractivity contribution in [2.24, 2.45) is 0 Å². The molecule has 0 nitrogen and oxygen atoms in total. The summed E-state index contributed by atoms with van der Waals surface area (Å²) in [6.45, 7) is 0. The summed E-state index contributed by atoms with van der Waals surface area (Å²) in [5.74, 6) is 0. The van der Waals surface area contributed by atoms with Gasteiger partial charge in [0.25, 0.3) is 0 Å². The zero-order valence-electron chi connectivity index (χ0n) is 1.40. The monoisotopic (exact) mass is 369 g/mol. The molecule has 0 amide bonds. The fourth-order valence-electron chi connectivity index (χ4n) is 0. The molecule has 0 heterocycles. The van der Waals surface area contributed by atoms with Crippen LogP contribution < -0.4 is 0 Å². The van der Waals surface area contributed by atoms with Gasteiger partial charge in [-0.2, -0.15) is 0 Å². The molecular formula is Pd3V. The van der Waals surface area contributed by atoms with Gasteiger partial charge in [-0.3, -0.25) is 0 Å². The Balaban J connectivity index is 0. The third kappa shape index (κ3) is 8.82. The average molecular weight is 370 g/mol. The Morgan fingerprint density at radius 1 is 0.500 bits per heavy atom. The molecule has 0 aromatic heterocycles. The van der Waals surface area contributed by atoms with Gasteiger partial charge in [-0.1, -0.05) is 0 Å². The third-order valence-electron chi connectivity index (χ3n) is 0. The van der Waals surface area contributed by atoms with Crippen molar-refractivity contribution < 1.29 is 79.8 Å². The summed E-state index contributed by atoms with van der Waals surface area (Å²) in [6, 6.07) is 0. The maximum Gasteiger partial charge on any atom is 0 e. The fourth-order valence-corrected chi connectivity index (χ4v) is 0. The molecule has 0 unspecified atom stereocenters. The van der Waals surface area contributed by atoms with E-state index < -0.39 is 0 Å². The van der Waals surface area contributed by atoms with Gasteiger partial charge < -0.3 is 0 Å². The Morgan fingerprint density at radius 3 is 0.500 bits per heavy atom. The summed E-state index contributed by atoms with van der Waals surface area (Å²) < 4.78 is 0. The van der Waals surface area contributed by atoms with Crippen LogP contribution in [0, 0.1) is 0 Å². The zero-order chi connectivity index (χ0) is 0. The van der Waals surface area contributed by atoms with Crippen molar-refractivity contribution in [1.82, 2.24) is 0 Å². The van der Waals surface area contributed by atoms with Crippen LogP contribution in [-0.2, 0) is 79.8 Å². The molecule has 0 aliphatic heterocycles. The molecule has 0 aromatic rings. The van der Waals surface area contributed by atoms with Crippen molar-refractivity contribution >= 4 is 0 Å². The van der Waals surface area contributed by atoms with Crippen LogP contribution in [0.25, 0.3) is 0 Å². The molecule has 0 saturated carbocycles. The van der Waals surface area contributed by atoms with E-state index in [1.54, 1.807) is 0 Å². The minimum absolute atomic E-state index is 0. The molecule has 0 aromatic carbocycles. The van der Waals surface area contributed by atoms with Gasteiger partial charge in [0.2, 0.25) is 0 Å². The molecule has 0 saturated heterocycles. The van der Waals surface area contributed by atoms with Gasteiger partial charge in [-0.15, -0.1) is 0 Å². The van der Waals surface area contributed by atoms with E-state index in [2.05, 4.69) is 0 Å². The predicted octanol–water partition coefficient (Wildman–Crippen LogP) is -0.0100. The summed E-state index contributed by atoms with van der Waals surface area (Å²) >= 11 is 0. The van der Waals surface area contributed by atoms with Crippen molar-refractivity contribution in [2.75, 3.05) is 0 Å². The van der Waals surface area contributed by atoms with Crippen molar-refractivity contribution in [3.8, 4) is 0 Å². The number of hydrogen-bond acceptors (Lipinski definition) is 0. The molecule has 35 valence electrons. The van der Waals surface area contributed by atoms with Crippen LogP contribution in [0.2, 0.25) is 0 Å². The molecule has 0 rings (SSSR count). The fraction of sp³-hybridized carbons (Fsp3) is 0. The Morgan fingerprint density at radius 2 is 0.500 bits per heavy atom. The summed E-state index contributed by atoms with van der Waals surface area (Å²) in [7, 11) is 0. The third-order valence-corrected chi connectivity index (χ3v) is 0. The van der Waals surface area contributed by atoms with E-state index in [4.69, 9.17) is 0 Å². The van der Waals surface area contributed by atoms with Gasteiger partial charge in [0.05, 0.1) is 0 Å². The van der Waals surface area contributed by atoms with Gasteiger partial charge in [0.1, 0.15) is 0 Å². The summed E-state index contributed by atoms with van der Waals surface area (Å²) in [5, 5.41) is 0. The standard InChI is InChI=1S/3Pd.V. The van der Waals surface area contributed by atoms with Gasteiger partial charge in [0.15, 0.2) is 0 Å². The molecule has 0 spiro atoms. The predicted molar refractivity (Wildman–Crippen MR) is 0 cm³/mol. The van der Waals surface area contributed by atoms with Crippen LogP contribution in [0.4, 0.5) is 0 Å². The van der Waals surface area contributed by atoms with Gasteiger partial charge in [0, 0.05) is 79.8 Å². The molecule has 0 fully saturated rings. The van der Waals surface area contributed by atoms with Crippen LogP contribution in [0.3, 0.4) is 0 Å². The first-order valence-electron chi connectivity index (χ1n) is 0. The maximum atomic E-state index is 0. The van der Waals surface area contributed by atoms with Crippen LogP contribution in [0.5, 0.6) is 0 Å². The van der Waals surface area contributed by atoms with Crippen molar-refractivity contribution in [3.05, 3.63) is 0 Å². The van der Waals surface area contributed by atoms with Crippen LogP contribution >= 0.6 is 0 Å². The van der Waals surface area contributed by atoms with E-state index in [0.717, 1.165) is 0 Å². The van der Waals surface area contributed by atoms with E-state index >= 15 is 0 Å². The molecule has 0 aliphatic carbocycles. The molecule has 0 bridgehead atoms. The number of rotatable bonds is 0. The van der Waals surface area contributed by atoms with Gasteiger partial charge in [-0.25, -0.2) is 0 Å². The minimum atomic E-state index is 0. The maximum absolute atomic E-state index is 0. The van der Waals surface area contributed by atoms with E-state index in [1.165, 1.54) is 0 Å². The van der Waals surface area contributed by atoms with Gasteiger partial charge in [-0.05, 0) is 0 Å². The summed E-state index contributed by atoms with van der Waals surface area (Å²) in [4.78, 5) is 0. The quantitative estimate of drug-likeness (QED) is 0.527. The first kappa shape index (κ1) is 30.8. The average Bonchev–Trinajstić information content (AvgIpc) is 0. The number of hydrogen-bond donors (Lipinski definition) is 0. The van der Waals surface area contributed by atoms with E-state index in [0.29, 0.717) is 0 Å². The summed E-state index contributed by atoms with van der Waals surface area (Å²) in [6.07, 6.45) is 0. The molecule has 0 N–H and O–H groups in total. The zero-order valence-corrected chi connectivity index (χ0v) is 7.46. The molecule has 4 heteroatoms. The topological polar surface area (TPSA) is 0 Å². The van der Waals surface area contributed by atoms with Crippen LogP contribution in [0.15, 0.2) is 0 Å². The first-order chi connectivity index (χ1) is 0. The molecule has 4 heavy (non-hydrogen) atoms. The Hall–Kier alpha value is 2.57. The second-order valence-electron chi connectivity index (χ2n) is 0. The minimum Gasteiger partial charge on any atom is 0 e.